The van der Waals surface area contributed by atoms with Gasteiger partial charge in [0.25, 0.3) is 5.91 Å². The fourth-order valence-electron chi connectivity index (χ4n) is 4.03. The first-order valence-corrected chi connectivity index (χ1v) is 12.2. The molecule has 0 atom stereocenters. The number of benzene rings is 2. The number of likely N-dealkylation sites (N-methyl/N-ethyl adjacent to an activating group) is 1. The van der Waals surface area contributed by atoms with E-state index in [-0.39, 0.29) is 30.6 Å². The minimum atomic E-state index is -0.214. The van der Waals surface area contributed by atoms with Crippen LogP contribution < -0.4 is 14.5 Å². The summed E-state index contributed by atoms with van der Waals surface area (Å²) in [5, 5.41) is 0.602. The highest BCUT2D eigenvalue weighted by atomic mass is 32.1. The minimum absolute atomic E-state index is 0.184. The Bertz CT molecular complexity index is 1190. The number of anilines is 2. The molecule has 3 amide bonds. The van der Waals surface area contributed by atoms with E-state index in [2.05, 4.69) is 18.7 Å². The maximum Gasteiger partial charge on any atom is 0.260 e. The van der Waals surface area contributed by atoms with Crippen LogP contribution in [-0.2, 0) is 9.59 Å². The molecule has 3 aromatic rings. The first kappa shape index (κ1) is 23.8. The number of imide groups is 1. The summed E-state index contributed by atoms with van der Waals surface area (Å²) in [5.41, 5.74) is 1.68. The normalized spacial score (nSPS) is 13.8. The Hall–Kier alpha value is -3.30. The first-order chi connectivity index (χ1) is 16.5. The van der Waals surface area contributed by atoms with Crippen LogP contribution in [0.25, 0.3) is 10.2 Å². The highest BCUT2D eigenvalue weighted by Crippen LogP contribution is 2.34. The van der Waals surface area contributed by atoms with Crippen molar-refractivity contribution in [3.63, 3.8) is 0 Å². The van der Waals surface area contributed by atoms with Crippen LogP contribution in [-0.4, -0.2) is 60.9 Å². The molecule has 0 aliphatic carbocycles. The zero-order valence-corrected chi connectivity index (χ0v) is 20.4. The summed E-state index contributed by atoms with van der Waals surface area (Å²) in [6.07, 6.45) is 0.444. The lowest BCUT2D eigenvalue weighted by atomic mass is 10.1. The van der Waals surface area contributed by atoms with Gasteiger partial charge in [-0.3, -0.25) is 24.2 Å². The van der Waals surface area contributed by atoms with E-state index in [0.29, 0.717) is 35.2 Å². The fourth-order valence-corrected chi connectivity index (χ4v) is 5.04. The second-order valence-corrected chi connectivity index (χ2v) is 8.97. The molecule has 0 unspecified atom stereocenters. The van der Waals surface area contributed by atoms with Crippen molar-refractivity contribution in [3.8, 4) is 5.75 Å². The van der Waals surface area contributed by atoms with Crippen molar-refractivity contribution in [3.05, 3.63) is 48.0 Å². The van der Waals surface area contributed by atoms with Gasteiger partial charge in [0.1, 0.15) is 11.3 Å². The van der Waals surface area contributed by atoms with E-state index >= 15 is 0 Å². The van der Waals surface area contributed by atoms with E-state index in [1.165, 1.54) is 16.2 Å². The Balaban J connectivity index is 1.65. The van der Waals surface area contributed by atoms with E-state index in [9.17, 15) is 14.4 Å². The number of aromatic nitrogens is 1. The number of amides is 3. The molecule has 4 rings (SSSR count). The summed E-state index contributed by atoms with van der Waals surface area (Å²) in [6.45, 7) is 7.15. The highest BCUT2D eigenvalue weighted by molar-refractivity contribution is 7.22. The largest absolute Gasteiger partial charge is 0.494 e. The molecule has 0 radical (unpaired) electrons. The Morgan fingerprint density at radius 2 is 1.71 bits per heavy atom. The SMILES string of the molecule is CCN(CC)CCN(C(=O)c1ccc(N2C(=O)CCC2=O)cc1)c1nc2c(OC)cccc2s1. The number of ether oxygens (including phenoxy) is 1. The predicted octanol–water partition coefficient (Wildman–Crippen LogP) is 3.95. The summed E-state index contributed by atoms with van der Waals surface area (Å²) in [7, 11) is 1.61. The van der Waals surface area contributed by atoms with E-state index in [4.69, 9.17) is 9.72 Å². The van der Waals surface area contributed by atoms with Gasteiger partial charge in [-0.1, -0.05) is 31.3 Å². The van der Waals surface area contributed by atoms with Gasteiger partial charge in [0.05, 0.1) is 17.5 Å². The van der Waals surface area contributed by atoms with E-state index in [1.54, 1.807) is 36.3 Å². The number of fused-ring (bicyclic) bond motifs is 1. The van der Waals surface area contributed by atoms with Gasteiger partial charge >= 0.3 is 0 Å². The van der Waals surface area contributed by atoms with Crippen LogP contribution >= 0.6 is 11.3 Å². The maximum atomic E-state index is 13.6. The average Bonchev–Trinajstić information content (AvgIpc) is 3.44. The highest BCUT2D eigenvalue weighted by Gasteiger charge is 2.30. The Labute approximate surface area is 202 Å². The molecule has 8 nitrogen and oxygen atoms in total. The number of para-hydroxylation sites is 1. The summed E-state index contributed by atoms with van der Waals surface area (Å²) in [4.78, 5) is 47.6. The van der Waals surface area contributed by atoms with Crippen LogP contribution in [0.15, 0.2) is 42.5 Å². The lowest BCUT2D eigenvalue weighted by Crippen LogP contribution is -2.39. The van der Waals surface area contributed by atoms with Crippen LogP contribution in [0, 0.1) is 0 Å². The van der Waals surface area contributed by atoms with E-state index in [0.717, 1.165) is 23.3 Å². The molecule has 1 saturated heterocycles. The summed E-state index contributed by atoms with van der Waals surface area (Å²) < 4.78 is 6.39. The molecular weight excluding hydrogens is 452 g/mol. The van der Waals surface area contributed by atoms with Crippen molar-refractivity contribution in [1.82, 2.24) is 9.88 Å². The maximum absolute atomic E-state index is 13.6. The lowest BCUT2D eigenvalue weighted by molar-refractivity contribution is -0.121. The van der Waals surface area contributed by atoms with Crippen molar-refractivity contribution < 1.29 is 19.1 Å². The number of hydrogen-bond donors (Lipinski definition) is 0. The molecule has 1 aliphatic rings. The topological polar surface area (TPSA) is 83.0 Å². The van der Waals surface area contributed by atoms with Gasteiger partial charge < -0.3 is 9.64 Å². The lowest BCUT2D eigenvalue weighted by Gasteiger charge is -2.25. The molecule has 0 bridgehead atoms. The zero-order chi connectivity index (χ0) is 24.2. The molecular formula is C25H28N4O4S. The van der Waals surface area contributed by atoms with Gasteiger partial charge in [-0.2, -0.15) is 0 Å². The van der Waals surface area contributed by atoms with Crippen molar-refractivity contribution in [2.75, 3.05) is 43.1 Å². The van der Waals surface area contributed by atoms with Crippen LogP contribution in [0.1, 0.15) is 37.0 Å². The van der Waals surface area contributed by atoms with Crippen LogP contribution in [0.2, 0.25) is 0 Å². The number of rotatable bonds is 9. The number of hydrogen-bond acceptors (Lipinski definition) is 7. The molecule has 9 heteroatoms. The molecule has 0 spiro atoms. The van der Waals surface area contributed by atoms with E-state index in [1.807, 2.05) is 18.2 Å². The predicted molar refractivity (Wildman–Crippen MR) is 134 cm³/mol. The third kappa shape index (κ3) is 4.67. The van der Waals surface area contributed by atoms with Gasteiger partial charge in [0.15, 0.2) is 5.13 Å². The van der Waals surface area contributed by atoms with Gasteiger partial charge in [0, 0.05) is 31.5 Å². The fraction of sp³-hybridized carbons (Fsp3) is 0.360. The number of thiazole rings is 1. The summed E-state index contributed by atoms with van der Waals surface area (Å²) >= 11 is 1.45. The Kier molecular flexibility index (Phi) is 7.23. The molecule has 2 aromatic carbocycles. The van der Waals surface area contributed by atoms with Crippen molar-refractivity contribution >= 4 is 50.1 Å². The van der Waals surface area contributed by atoms with Crippen LogP contribution in [0.5, 0.6) is 5.75 Å². The number of nitrogens with zero attached hydrogens (tertiary/aromatic N) is 4. The molecule has 34 heavy (non-hydrogen) atoms. The third-order valence-corrected chi connectivity index (χ3v) is 7.07. The van der Waals surface area contributed by atoms with Crippen LogP contribution in [0.3, 0.4) is 0 Å². The van der Waals surface area contributed by atoms with Crippen molar-refractivity contribution in [1.29, 1.82) is 0 Å². The molecule has 0 N–H and O–H groups in total. The van der Waals surface area contributed by atoms with E-state index < -0.39 is 0 Å². The Morgan fingerprint density at radius 3 is 2.32 bits per heavy atom. The average molecular weight is 481 g/mol. The Morgan fingerprint density at radius 1 is 1.03 bits per heavy atom. The van der Waals surface area contributed by atoms with Gasteiger partial charge in [-0.25, -0.2) is 4.98 Å². The summed E-state index contributed by atoms with van der Waals surface area (Å²) in [6, 6.07) is 12.4. The number of carbonyl (C=O) groups excluding carboxylic acids is 3. The van der Waals surface area contributed by atoms with Gasteiger partial charge in [-0.15, -0.1) is 0 Å². The monoisotopic (exact) mass is 480 g/mol. The third-order valence-electron chi connectivity index (χ3n) is 6.02. The minimum Gasteiger partial charge on any atom is -0.494 e. The molecule has 1 aromatic heterocycles. The second kappa shape index (κ2) is 10.3. The standard InChI is InChI=1S/C25H28N4O4S/c1-4-27(5-2)15-16-28(25-26-23-19(33-3)7-6-8-20(23)34-25)24(32)17-9-11-18(12-10-17)29-21(30)13-14-22(29)31/h6-12H,4-5,13-16H2,1-3H3. The zero-order valence-electron chi connectivity index (χ0n) is 19.6. The quantitative estimate of drug-likeness (QED) is 0.432. The van der Waals surface area contributed by atoms with Crippen molar-refractivity contribution in [2.24, 2.45) is 0 Å². The van der Waals surface area contributed by atoms with Crippen LogP contribution in [0.4, 0.5) is 10.8 Å². The molecule has 178 valence electrons. The summed E-state index contributed by atoms with van der Waals surface area (Å²) in [5.74, 6) is 0.0537. The molecule has 1 fully saturated rings. The van der Waals surface area contributed by atoms with Gasteiger partial charge in [0.2, 0.25) is 11.8 Å². The second-order valence-electron chi connectivity index (χ2n) is 7.96. The number of methoxy groups -OCH3 is 1. The first-order valence-electron chi connectivity index (χ1n) is 11.4. The smallest absolute Gasteiger partial charge is 0.260 e. The molecule has 2 heterocycles. The van der Waals surface area contributed by atoms with Crippen molar-refractivity contribution in [2.45, 2.75) is 26.7 Å². The molecule has 1 aliphatic heterocycles. The van der Waals surface area contributed by atoms with Gasteiger partial charge in [-0.05, 0) is 49.5 Å². The molecule has 0 saturated carbocycles. The number of carbonyl (C=O) groups is 3.